The zero-order chi connectivity index (χ0) is 18.1. The average molecular weight is 370 g/mol. The molecule has 1 aromatic rings. The van der Waals surface area contributed by atoms with Gasteiger partial charge in [0, 0.05) is 25.9 Å². The summed E-state index contributed by atoms with van der Waals surface area (Å²) >= 11 is 0. The van der Waals surface area contributed by atoms with Crippen molar-refractivity contribution >= 4 is 22.1 Å². The molecule has 2 heterocycles. The summed E-state index contributed by atoms with van der Waals surface area (Å²) in [5, 5.41) is 12.3. The highest BCUT2D eigenvalue weighted by atomic mass is 32.2. The first-order valence-electron chi connectivity index (χ1n) is 7.65. The molecule has 10 heteroatoms. The predicted octanol–water partition coefficient (Wildman–Crippen LogP) is 1.65. The number of ether oxygens (including phenoxy) is 2. The summed E-state index contributed by atoms with van der Waals surface area (Å²) in [6, 6.07) is 6.21. The van der Waals surface area contributed by atoms with E-state index >= 15 is 0 Å². The maximum absolute atomic E-state index is 12.7. The van der Waals surface area contributed by atoms with Gasteiger partial charge in [0.25, 0.3) is 0 Å². The van der Waals surface area contributed by atoms with E-state index in [1.165, 1.54) is 23.5 Å². The number of benzene rings is 1. The Morgan fingerprint density at radius 3 is 2.48 bits per heavy atom. The molecule has 0 aliphatic carbocycles. The molecular formula is C15H18N2O7S. The minimum Gasteiger partial charge on any atom is -0.497 e. The van der Waals surface area contributed by atoms with Gasteiger partial charge in [-0.2, -0.15) is 4.31 Å². The number of methoxy groups -OCH3 is 1. The summed E-state index contributed by atoms with van der Waals surface area (Å²) in [7, 11) is -2.09. The van der Waals surface area contributed by atoms with Gasteiger partial charge in [-0.25, -0.2) is 13.2 Å². The molecule has 0 saturated carbocycles. The summed E-state index contributed by atoms with van der Waals surface area (Å²) in [4.78, 5) is 16.1. The van der Waals surface area contributed by atoms with E-state index in [-0.39, 0.29) is 30.3 Å². The Bertz CT molecular complexity index is 781. The Kier molecular flexibility index (Phi) is 4.56. The van der Waals surface area contributed by atoms with E-state index in [1.54, 1.807) is 12.1 Å². The molecule has 0 atom stereocenters. The summed E-state index contributed by atoms with van der Waals surface area (Å²) in [5.41, 5.74) is -0.698. The van der Waals surface area contributed by atoms with Gasteiger partial charge < -0.3 is 19.4 Å². The molecule has 9 nitrogen and oxygen atoms in total. The minimum absolute atomic E-state index is 0.000962. The van der Waals surface area contributed by atoms with Crippen LogP contribution in [0.3, 0.4) is 0 Å². The largest absolute Gasteiger partial charge is 0.512 e. The molecule has 0 radical (unpaired) electrons. The third-order valence-corrected chi connectivity index (χ3v) is 6.26. The number of carbonyl (C=O) groups is 1. The van der Waals surface area contributed by atoms with Gasteiger partial charge in [0.1, 0.15) is 11.4 Å². The fraction of sp³-hybridized carbons (Fsp3) is 0.467. The Morgan fingerprint density at radius 1 is 1.28 bits per heavy atom. The number of carboxylic acid groups (broad SMARTS) is 1. The maximum Gasteiger partial charge on any atom is 0.512 e. The lowest BCUT2D eigenvalue weighted by Gasteiger charge is -2.36. The second kappa shape index (κ2) is 6.52. The van der Waals surface area contributed by atoms with E-state index in [0.717, 1.165) is 0 Å². The average Bonchev–Trinajstić information content (AvgIpc) is 2.96. The molecule has 1 saturated heterocycles. The number of nitrogens with zero attached hydrogens (tertiary/aromatic N) is 2. The van der Waals surface area contributed by atoms with Crippen LogP contribution >= 0.6 is 0 Å². The lowest BCUT2D eigenvalue weighted by molar-refractivity contribution is -0.0506. The Labute approximate surface area is 144 Å². The van der Waals surface area contributed by atoms with Crippen LogP contribution in [0.4, 0.5) is 4.79 Å². The van der Waals surface area contributed by atoms with E-state index in [9.17, 15) is 13.2 Å². The molecule has 2 aliphatic heterocycles. The number of rotatable bonds is 3. The molecule has 136 valence electrons. The van der Waals surface area contributed by atoms with Crippen molar-refractivity contribution in [2.75, 3.05) is 20.2 Å². The van der Waals surface area contributed by atoms with Crippen LogP contribution in [0.15, 0.2) is 34.3 Å². The highest BCUT2D eigenvalue weighted by Gasteiger charge is 2.45. The van der Waals surface area contributed by atoms with E-state index < -0.39 is 21.8 Å². The molecular weight excluding hydrogens is 352 g/mol. The fourth-order valence-electron chi connectivity index (χ4n) is 2.94. The quantitative estimate of drug-likeness (QED) is 0.804. The van der Waals surface area contributed by atoms with Crippen LogP contribution in [0, 0.1) is 0 Å². The molecule has 1 spiro atoms. The third-order valence-electron chi connectivity index (χ3n) is 4.35. The molecule has 0 unspecified atom stereocenters. The number of sulfonamides is 1. The van der Waals surface area contributed by atoms with E-state index in [0.29, 0.717) is 18.6 Å². The molecule has 25 heavy (non-hydrogen) atoms. The van der Waals surface area contributed by atoms with Crippen molar-refractivity contribution in [3.8, 4) is 5.75 Å². The molecule has 0 aromatic heterocycles. The van der Waals surface area contributed by atoms with Gasteiger partial charge in [-0.1, -0.05) is 5.16 Å². The van der Waals surface area contributed by atoms with Crippen LogP contribution in [-0.4, -0.2) is 55.7 Å². The van der Waals surface area contributed by atoms with Gasteiger partial charge in [0.05, 0.1) is 18.4 Å². The van der Waals surface area contributed by atoms with Gasteiger partial charge >= 0.3 is 6.16 Å². The van der Waals surface area contributed by atoms with Gasteiger partial charge in [-0.15, -0.1) is 0 Å². The van der Waals surface area contributed by atoms with Crippen molar-refractivity contribution in [1.29, 1.82) is 0 Å². The summed E-state index contributed by atoms with van der Waals surface area (Å²) in [6.45, 7) is 0.508. The molecule has 1 fully saturated rings. The van der Waals surface area contributed by atoms with Crippen molar-refractivity contribution in [2.45, 2.75) is 29.8 Å². The van der Waals surface area contributed by atoms with Crippen LogP contribution < -0.4 is 4.74 Å². The lowest BCUT2D eigenvalue weighted by atomic mass is 9.89. The molecule has 3 rings (SSSR count). The molecule has 2 aliphatic rings. The Balaban J connectivity index is 1.65. The van der Waals surface area contributed by atoms with Crippen LogP contribution in [0.1, 0.15) is 19.3 Å². The first kappa shape index (κ1) is 17.5. The third kappa shape index (κ3) is 3.54. The van der Waals surface area contributed by atoms with E-state index in [1.807, 2.05) is 0 Å². The Hall–Kier alpha value is -2.33. The van der Waals surface area contributed by atoms with Crippen molar-refractivity contribution in [3.63, 3.8) is 0 Å². The van der Waals surface area contributed by atoms with Crippen molar-refractivity contribution in [2.24, 2.45) is 5.16 Å². The molecule has 1 aromatic carbocycles. The van der Waals surface area contributed by atoms with Crippen LogP contribution in [0.25, 0.3) is 0 Å². The highest BCUT2D eigenvalue weighted by molar-refractivity contribution is 7.89. The monoisotopic (exact) mass is 370 g/mol. The summed E-state index contributed by atoms with van der Waals surface area (Å²) < 4.78 is 36.4. The zero-order valence-electron chi connectivity index (χ0n) is 13.5. The van der Waals surface area contributed by atoms with Gasteiger partial charge in [0.2, 0.25) is 15.9 Å². The first-order chi connectivity index (χ1) is 11.8. The van der Waals surface area contributed by atoms with Gasteiger partial charge in [-0.3, -0.25) is 0 Å². The van der Waals surface area contributed by atoms with E-state index in [2.05, 4.69) is 9.89 Å². The van der Waals surface area contributed by atoms with Crippen LogP contribution in [-0.2, 0) is 19.6 Å². The number of oxime groups is 1. The standard InChI is InChI=1S/C15H18N2O7S/c1-22-11-2-4-12(5-3-11)25(20,21)17-8-6-15(7-9-17)10-13(16-24-15)23-14(18)19/h2-5H,6-10H2,1H3,(H,18,19). The second-order valence-electron chi connectivity index (χ2n) is 5.88. The maximum atomic E-state index is 12.7. The van der Waals surface area contributed by atoms with Crippen molar-refractivity contribution in [1.82, 2.24) is 4.31 Å². The molecule has 0 bridgehead atoms. The first-order valence-corrected chi connectivity index (χ1v) is 9.09. The lowest BCUT2D eigenvalue weighted by Crippen LogP contribution is -2.46. The van der Waals surface area contributed by atoms with Crippen molar-refractivity contribution in [3.05, 3.63) is 24.3 Å². The fourth-order valence-corrected chi connectivity index (χ4v) is 4.38. The predicted molar refractivity (Wildman–Crippen MR) is 86.0 cm³/mol. The second-order valence-corrected chi connectivity index (χ2v) is 7.82. The SMILES string of the molecule is COc1ccc(S(=O)(=O)N2CCC3(CC2)CC(OC(=O)O)=NO3)cc1. The molecule has 1 N–H and O–H groups in total. The normalized spacial score (nSPS) is 20.0. The topological polar surface area (TPSA) is 115 Å². The minimum atomic E-state index is -3.61. The van der Waals surface area contributed by atoms with Gasteiger partial charge in [0.15, 0.2) is 0 Å². The number of piperidine rings is 1. The highest BCUT2D eigenvalue weighted by Crippen LogP contribution is 2.36. The van der Waals surface area contributed by atoms with Crippen LogP contribution in [0.5, 0.6) is 5.75 Å². The van der Waals surface area contributed by atoms with Crippen LogP contribution in [0.2, 0.25) is 0 Å². The summed E-state index contributed by atoms with van der Waals surface area (Å²) in [6.07, 6.45) is -0.425. The zero-order valence-corrected chi connectivity index (χ0v) is 14.4. The van der Waals surface area contributed by atoms with Gasteiger partial charge in [-0.05, 0) is 24.3 Å². The Morgan fingerprint density at radius 2 is 1.92 bits per heavy atom. The summed E-state index contributed by atoms with van der Waals surface area (Å²) in [5.74, 6) is 0.581. The number of hydrogen-bond acceptors (Lipinski definition) is 7. The van der Waals surface area contributed by atoms with E-state index in [4.69, 9.17) is 14.7 Å². The molecule has 0 amide bonds. The number of hydrogen-bond donors (Lipinski definition) is 1. The van der Waals surface area contributed by atoms with Crippen molar-refractivity contribution < 1.29 is 32.6 Å². The smallest absolute Gasteiger partial charge is 0.497 e.